The lowest BCUT2D eigenvalue weighted by molar-refractivity contribution is -0.385. The number of hydrogen-bond donors (Lipinski definition) is 1. The molecule has 0 heterocycles. The molecule has 0 aliphatic heterocycles. The number of benzene rings is 2. The number of nitrogens with zero attached hydrogens (tertiary/aromatic N) is 2. The number of amides is 2. The lowest BCUT2D eigenvalue weighted by Gasteiger charge is -2.22. The van der Waals surface area contributed by atoms with Crippen molar-refractivity contribution in [2.24, 2.45) is 5.73 Å². The van der Waals surface area contributed by atoms with Gasteiger partial charge >= 0.3 is 5.97 Å². The number of carbonyl (C=O) groups is 3. The third kappa shape index (κ3) is 5.83. The second kappa shape index (κ2) is 9.40. The molecule has 0 aliphatic rings. The first-order chi connectivity index (χ1) is 13.7. The zero-order valence-electron chi connectivity index (χ0n) is 15.5. The SMILES string of the molecule is Cc1cc(C(=O)OCC(=O)N(CCC(N)=O)c2ccc(F)cc2)ccc1[N+](=O)[O-]. The van der Waals surface area contributed by atoms with Crippen LogP contribution in [0, 0.1) is 22.9 Å². The molecule has 0 bridgehead atoms. The molecule has 0 aromatic heterocycles. The molecule has 0 saturated heterocycles. The predicted octanol–water partition coefficient (Wildman–Crippen LogP) is 2.11. The molecule has 0 aliphatic carbocycles. The van der Waals surface area contributed by atoms with E-state index in [1.54, 1.807) is 0 Å². The summed E-state index contributed by atoms with van der Waals surface area (Å²) in [6.07, 6.45) is -0.140. The molecule has 2 aromatic carbocycles. The molecular formula is C19H18FN3O6. The standard InChI is InChI=1S/C19H18FN3O6/c1-12-10-13(2-7-16(12)23(27)28)19(26)29-11-18(25)22(9-8-17(21)24)15-5-3-14(20)4-6-15/h2-7,10H,8-9,11H2,1H3,(H2,21,24). The van der Waals surface area contributed by atoms with Crippen molar-refractivity contribution in [3.63, 3.8) is 0 Å². The third-order valence-electron chi connectivity index (χ3n) is 3.98. The molecule has 9 nitrogen and oxygen atoms in total. The van der Waals surface area contributed by atoms with Crippen LogP contribution in [0.3, 0.4) is 0 Å². The molecule has 29 heavy (non-hydrogen) atoms. The van der Waals surface area contributed by atoms with Gasteiger partial charge in [0.15, 0.2) is 6.61 Å². The Balaban J connectivity index is 2.09. The van der Waals surface area contributed by atoms with Crippen molar-refractivity contribution in [3.8, 4) is 0 Å². The highest BCUT2D eigenvalue weighted by molar-refractivity contribution is 5.97. The second-order valence-electron chi connectivity index (χ2n) is 6.07. The van der Waals surface area contributed by atoms with Gasteiger partial charge in [-0.25, -0.2) is 9.18 Å². The maximum atomic E-state index is 13.1. The largest absolute Gasteiger partial charge is 0.452 e. The average Bonchev–Trinajstić information content (AvgIpc) is 2.66. The van der Waals surface area contributed by atoms with E-state index < -0.39 is 35.1 Å². The van der Waals surface area contributed by atoms with E-state index >= 15 is 0 Å². The van der Waals surface area contributed by atoms with Crippen LogP contribution < -0.4 is 10.6 Å². The zero-order valence-corrected chi connectivity index (χ0v) is 15.5. The van der Waals surface area contributed by atoms with Gasteiger partial charge in [0.25, 0.3) is 11.6 Å². The lowest BCUT2D eigenvalue weighted by atomic mass is 10.1. The van der Waals surface area contributed by atoms with Gasteiger partial charge in [0.2, 0.25) is 5.91 Å². The van der Waals surface area contributed by atoms with Gasteiger partial charge in [0, 0.05) is 30.3 Å². The summed E-state index contributed by atoms with van der Waals surface area (Å²) in [6, 6.07) is 8.66. The van der Waals surface area contributed by atoms with Gasteiger partial charge in [-0.15, -0.1) is 0 Å². The van der Waals surface area contributed by atoms with Crippen LogP contribution in [0.25, 0.3) is 0 Å². The molecule has 0 saturated carbocycles. The van der Waals surface area contributed by atoms with Crippen LogP contribution in [0.4, 0.5) is 15.8 Å². The summed E-state index contributed by atoms with van der Waals surface area (Å²) in [5, 5.41) is 10.8. The van der Waals surface area contributed by atoms with E-state index in [1.807, 2.05) is 0 Å². The van der Waals surface area contributed by atoms with Gasteiger partial charge in [0.05, 0.1) is 10.5 Å². The van der Waals surface area contributed by atoms with Gasteiger partial charge in [-0.1, -0.05) is 0 Å². The number of halogens is 1. The van der Waals surface area contributed by atoms with Crippen LogP contribution >= 0.6 is 0 Å². The van der Waals surface area contributed by atoms with Crippen LogP contribution in [0.5, 0.6) is 0 Å². The minimum atomic E-state index is -0.842. The lowest BCUT2D eigenvalue weighted by Crippen LogP contribution is -2.37. The smallest absolute Gasteiger partial charge is 0.338 e. The Morgan fingerprint density at radius 1 is 1.17 bits per heavy atom. The average molecular weight is 403 g/mol. The molecule has 2 amide bonds. The minimum Gasteiger partial charge on any atom is -0.452 e. The quantitative estimate of drug-likeness (QED) is 0.408. The summed E-state index contributed by atoms with van der Waals surface area (Å²) in [4.78, 5) is 47.1. The van der Waals surface area contributed by atoms with Gasteiger partial charge in [-0.2, -0.15) is 0 Å². The van der Waals surface area contributed by atoms with E-state index in [9.17, 15) is 28.9 Å². The van der Waals surface area contributed by atoms with E-state index in [-0.39, 0.29) is 29.8 Å². The topological polar surface area (TPSA) is 133 Å². The van der Waals surface area contributed by atoms with Crippen LogP contribution in [-0.2, 0) is 14.3 Å². The van der Waals surface area contributed by atoms with Gasteiger partial charge in [-0.05, 0) is 43.3 Å². The monoisotopic (exact) mass is 403 g/mol. The second-order valence-corrected chi connectivity index (χ2v) is 6.07. The van der Waals surface area contributed by atoms with Crippen LogP contribution in [0.2, 0.25) is 0 Å². The van der Waals surface area contributed by atoms with Crippen LogP contribution in [-0.4, -0.2) is 35.9 Å². The summed E-state index contributed by atoms with van der Waals surface area (Å²) in [7, 11) is 0. The molecule has 0 spiro atoms. The number of ether oxygens (including phenoxy) is 1. The van der Waals surface area contributed by atoms with Gasteiger partial charge in [-0.3, -0.25) is 19.7 Å². The number of aryl methyl sites for hydroxylation is 1. The number of esters is 1. The zero-order chi connectivity index (χ0) is 21.6. The molecule has 0 fully saturated rings. The summed E-state index contributed by atoms with van der Waals surface area (Å²) < 4.78 is 18.1. The van der Waals surface area contributed by atoms with Crippen molar-refractivity contribution in [2.45, 2.75) is 13.3 Å². The number of hydrogen-bond acceptors (Lipinski definition) is 6. The van der Waals surface area contributed by atoms with E-state index in [0.29, 0.717) is 5.69 Å². The Kier molecular flexibility index (Phi) is 6.96. The number of rotatable bonds is 8. The Morgan fingerprint density at radius 2 is 1.83 bits per heavy atom. The molecule has 152 valence electrons. The van der Waals surface area contributed by atoms with Crippen molar-refractivity contribution >= 4 is 29.2 Å². The highest BCUT2D eigenvalue weighted by Gasteiger charge is 2.20. The fourth-order valence-corrected chi connectivity index (χ4v) is 2.52. The number of primary amides is 1. The third-order valence-corrected chi connectivity index (χ3v) is 3.98. The number of nitrogens with two attached hydrogens (primary N) is 1. The molecule has 2 N–H and O–H groups in total. The number of nitro benzene ring substituents is 1. The van der Waals surface area contributed by atoms with Gasteiger partial charge in [0.1, 0.15) is 5.82 Å². The molecule has 0 atom stereocenters. The van der Waals surface area contributed by atoms with Crippen LogP contribution in [0.15, 0.2) is 42.5 Å². The molecule has 10 heteroatoms. The number of carbonyl (C=O) groups excluding carboxylic acids is 3. The van der Waals surface area contributed by atoms with E-state index in [4.69, 9.17) is 10.5 Å². The molecule has 0 unspecified atom stereocenters. The van der Waals surface area contributed by atoms with Gasteiger partial charge < -0.3 is 15.4 Å². The maximum absolute atomic E-state index is 13.1. The molecular weight excluding hydrogens is 385 g/mol. The van der Waals surface area contributed by atoms with E-state index in [1.165, 1.54) is 37.3 Å². The van der Waals surface area contributed by atoms with Crippen molar-refractivity contribution < 1.29 is 28.4 Å². The Labute approximate surface area is 165 Å². The summed E-state index contributed by atoms with van der Waals surface area (Å²) in [6.45, 7) is 0.749. The van der Waals surface area contributed by atoms with Crippen LogP contribution in [0.1, 0.15) is 22.3 Å². The van der Waals surface area contributed by atoms with Crippen molar-refractivity contribution in [3.05, 3.63) is 69.5 Å². The van der Waals surface area contributed by atoms with Crippen molar-refractivity contribution in [1.82, 2.24) is 0 Å². The first-order valence-corrected chi connectivity index (χ1v) is 8.45. The minimum absolute atomic E-state index is 0.0476. The molecule has 2 rings (SSSR count). The summed E-state index contributed by atoms with van der Waals surface area (Å²) >= 11 is 0. The van der Waals surface area contributed by atoms with Crippen molar-refractivity contribution in [2.75, 3.05) is 18.1 Å². The fourth-order valence-electron chi connectivity index (χ4n) is 2.52. The first kappa shape index (κ1) is 21.5. The Morgan fingerprint density at radius 3 is 2.38 bits per heavy atom. The fraction of sp³-hybridized carbons (Fsp3) is 0.211. The summed E-state index contributed by atoms with van der Waals surface area (Å²) in [5.41, 5.74) is 5.59. The summed E-state index contributed by atoms with van der Waals surface area (Å²) in [5.74, 6) is -2.63. The molecule has 2 aromatic rings. The number of anilines is 1. The Hall–Kier alpha value is -3.82. The highest BCUT2D eigenvalue weighted by Crippen LogP contribution is 2.20. The van der Waals surface area contributed by atoms with Crippen molar-refractivity contribution in [1.29, 1.82) is 0 Å². The van der Waals surface area contributed by atoms with E-state index in [0.717, 1.165) is 17.0 Å². The normalized spacial score (nSPS) is 10.3. The maximum Gasteiger partial charge on any atom is 0.338 e. The van der Waals surface area contributed by atoms with E-state index in [2.05, 4.69) is 0 Å². The highest BCUT2D eigenvalue weighted by atomic mass is 19.1. The first-order valence-electron chi connectivity index (χ1n) is 8.45. The predicted molar refractivity (Wildman–Crippen MR) is 101 cm³/mol. The number of nitro groups is 1. The Bertz CT molecular complexity index is 945. The molecule has 0 radical (unpaired) electrons.